The second-order valence-corrected chi connectivity index (χ2v) is 8.06. The van der Waals surface area contributed by atoms with E-state index >= 15 is 0 Å². The maximum absolute atomic E-state index is 13.1. The molecule has 2 aliphatic heterocycles. The van der Waals surface area contributed by atoms with Crippen LogP contribution in [-0.4, -0.2) is 30.4 Å². The van der Waals surface area contributed by atoms with E-state index in [1.807, 2.05) is 18.2 Å². The lowest BCUT2D eigenvalue weighted by Crippen LogP contribution is -3.12. The summed E-state index contributed by atoms with van der Waals surface area (Å²) in [6.07, 6.45) is 3.13. The van der Waals surface area contributed by atoms with Gasteiger partial charge in [-0.2, -0.15) is 0 Å². The Kier molecular flexibility index (Phi) is 5.28. The molecule has 0 aromatic heterocycles. The summed E-state index contributed by atoms with van der Waals surface area (Å²) in [5.41, 5.74) is 3.96. The molecule has 1 amide bonds. The fourth-order valence-corrected chi connectivity index (χ4v) is 4.61. The number of carbonyl (C=O) groups excluding carboxylic acids is 1. The van der Waals surface area contributed by atoms with Crippen LogP contribution in [0.1, 0.15) is 29.5 Å². The highest BCUT2D eigenvalue weighted by Gasteiger charge is 2.33. The first-order chi connectivity index (χ1) is 12.7. The van der Waals surface area contributed by atoms with E-state index in [1.165, 1.54) is 21.6 Å². The first kappa shape index (κ1) is 17.6. The van der Waals surface area contributed by atoms with Crippen LogP contribution in [0, 0.1) is 5.92 Å². The highest BCUT2D eigenvalue weighted by molar-refractivity contribution is 6.30. The zero-order valence-corrected chi connectivity index (χ0v) is 15.8. The third-order valence-corrected chi connectivity index (χ3v) is 5.99. The van der Waals surface area contributed by atoms with Crippen molar-refractivity contribution in [3.05, 3.63) is 70.2 Å². The third-order valence-electron chi connectivity index (χ3n) is 5.75. The van der Waals surface area contributed by atoms with Crippen LogP contribution in [0.25, 0.3) is 0 Å². The molecule has 4 heteroatoms. The lowest BCUT2D eigenvalue weighted by Gasteiger charge is -2.35. The number of likely N-dealkylation sites (tertiary alicyclic amines) is 1. The van der Waals surface area contributed by atoms with E-state index in [0.717, 1.165) is 57.0 Å². The predicted octanol–water partition coefficient (Wildman–Crippen LogP) is 2.72. The van der Waals surface area contributed by atoms with Gasteiger partial charge in [-0.15, -0.1) is 0 Å². The fourth-order valence-electron chi connectivity index (χ4n) is 4.40. The average molecular weight is 370 g/mol. The molecule has 26 heavy (non-hydrogen) atoms. The number of nitrogens with one attached hydrogen (secondary N) is 1. The second-order valence-electron chi connectivity index (χ2n) is 7.63. The lowest BCUT2D eigenvalue weighted by atomic mass is 9.93. The van der Waals surface area contributed by atoms with Gasteiger partial charge in [0.25, 0.3) is 0 Å². The summed E-state index contributed by atoms with van der Waals surface area (Å²) < 4.78 is 0. The molecule has 2 aliphatic rings. The number of rotatable bonds is 3. The summed E-state index contributed by atoms with van der Waals surface area (Å²) in [4.78, 5) is 16.7. The van der Waals surface area contributed by atoms with Crippen LogP contribution in [0.5, 0.6) is 0 Å². The van der Waals surface area contributed by atoms with E-state index in [0.29, 0.717) is 5.91 Å². The standard InChI is InChI=1S/C22H25ClN2O/c23-21-9-3-5-17(13-21)14-24-11-4-8-20(15-24)22(26)25-12-10-18-6-1-2-7-19(18)16-25/h1-3,5-7,9,13,20H,4,8,10-12,14-16H2/p+1/t20-/m1/s1. The Morgan fingerprint density at radius 3 is 2.85 bits per heavy atom. The number of halogens is 1. The van der Waals surface area contributed by atoms with Crippen molar-refractivity contribution in [3.63, 3.8) is 0 Å². The lowest BCUT2D eigenvalue weighted by molar-refractivity contribution is -0.921. The molecule has 2 atom stereocenters. The summed E-state index contributed by atoms with van der Waals surface area (Å²) in [6, 6.07) is 16.6. The molecule has 1 saturated heterocycles. The normalized spacial score (nSPS) is 22.7. The van der Waals surface area contributed by atoms with Crippen molar-refractivity contribution in [2.24, 2.45) is 5.92 Å². The van der Waals surface area contributed by atoms with Gasteiger partial charge in [-0.25, -0.2) is 0 Å². The third kappa shape index (κ3) is 3.94. The monoisotopic (exact) mass is 369 g/mol. The van der Waals surface area contributed by atoms with Gasteiger partial charge >= 0.3 is 0 Å². The van der Waals surface area contributed by atoms with Crippen molar-refractivity contribution in [2.75, 3.05) is 19.6 Å². The van der Waals surface area contributed by atoms with E-state index in [1.54, 1.807) is 0 Å². The second kappa shape index (κ2) is 7.81. The molecule has 2 aromatic rings. The molecule has 3 nitrogen and oxygen atoms in total. The SMILES string of the molecule is O=C([C@@H]1CCC[NH+](Cc2cccc(Cl)c2)C1)N1CCc2ccccc2C1. The molecule has 1 N–H and O–H groups in total. The number of quaternary nitrogens is 1. The minimum absolute atomic E-state index is 0.156. The molecule has 0 aliphatic carbocycles. The van der Waals surface area contributed by atoms with Crippen LogP contribution < -0.4 is 4.90 Å². The van der Waals surface area contributed by atoms with Crippen LogP contribution in [0.2, 0.25) is 5.02 Å². The minimum atomic E-state index is 0.156. The first-order valence-corrected chi connectivity index (χ1v) is 10.0. The highest BCUT2D eigenvalue weighted by atomic mass is 35.5. The van der Waals surface area contributed by atoms with Crippen LogP contribution in [0.15, 0.2) is 48.5 Å². The molecule has 1 fully saturated rings. The number of benzene rings is 2. The first-order valence-electron chi connectivity index (χ1n) is 9.62. The average Bonchev–Trinajstić information content (AvgIpc) is 2.67. The molecule has 0 saturated carbocycles. The van der Waals surface area contributed by atoms with Gasteiger partial charge < -0.3 is 9.80 Å². The maximum Gasteiger partial charge on any atom is 0.231 e. The van der Waals surface area contributed by atoms with Crippen molar-refractivity contribution < 1.29 is 9.69 Å². The van der Waals surface area contributed by atoms with Crippen LogP contribution in [0.4, 0.5) is 0 Å². The molecule has 1 unspecified atom stereocenters. The van der Waals surface area contributed by atoms with Crippen molar-refractivity contribution in [3.8, 4) is 0 Å². The summed E-state index contributed by atoms with van der Waals surface area (Å²) >= 11 is 6.11. The van der Waals surface area contributed by atoms with Gasteiger partial charge in [-0.1, -0.05) is 48.0 Å². The number of hydrogen-bond acceptors (Lipinski definition) is 1. The van der Waals surface area contributed by atoms with Crippen molar-refractivity contribution in [2.45, 2.75) is 32.4 Å². The summed E-state index contributed by atoms with van der Waals surface area (Å²) in [7, 11) is 0. The topological polar surface area (TPSA) is 24.8 Å². The molecule has 0 spiro atoms. The fraction of sp³-hybridized carbons (Fsp3) is 0.409. The summed E-state index contributed by atoms with van der Waals surface area (Å²) in [5, 5.41) is 0.790. The molecule has 0 bridgehead atoms. The molecule has 4 rings (SSSR count). The van der Waals surface area contributed by atoms with Crippen molar-refractivity contribution in [1.29, 1.82) is 0 Å². The Bertz CT molecular complexity index is 791. The van der Waals surface area contributed by atoms with Gasteiger partial charge in [0, 0.05) is 23.7 Å². The van der Waals surface area contributed by atoms with E-state index in [-0.39, 0.29) is 5.92 Å². The van der Waals surface area contributed by atoms with Crippen LogP contribution in [-0.2, 0) is 24.3 Å². The Balaban J connectivity index is 1.39. The van der Waals surface area contributed by atoms with Gasteiger partial charge in [0.1, 0.15) is 6.54 Å². The predicted molar refractivity (Wildman–Crippen MR) is 104 cm³/mol. The van der Waals surface area contributed by atoms with E-state index < -0.39 is 0 Å². The smallest absolute Gasteiger partial charge is 0.231 e. The number of piperidine rings is 1. The molecule has 2 heterocycles. The number of fused-ring (bicyclic) bond motifs is 1. The zero-order chi connectivity index (χ0) is 17.9. The van der Waals surface area contributed by atoms with Gasteiger partial charge in [-0.3, -0.25) is 4.79 Å². The van der Waals surface area contributed by atoms with Gasteiger partial charge in [-0.05, 0) is 42.5 Å². The number of hydrogen-bond donors (Lipinski definition) is 1. The van der Waals surface area contributed by atoms with Crippen molar-refractivity contribution >= 4 is 17.5 Å². The number of carbonyl (C=O) groups is 1. The molecule has 0 radical (unpaired) electrons. The molecular formula is C22H26ClN2O+. The van der Waals surface area contributed by atoms with Gasteiger partial charge in [0.15, 0.2) is 0 Å². The number of amides is 1. The van der Waals surface area contributed by atoms with Crippen LogP contribution >= 0.6 is 11.6 Å². The van der Waals surface area contributed by atoms with E-state index in [4.69, 9.17) is 11.6 Å². The Hall–Kier alpha value is -1.84. The highest BCUT2D eigenvalue weighted by Crippen LogP contribution is 2.21. The minimum Gasteiger partial charge on any atom is -0.338 e. The quantitative estimate of drug-likeness (QED) is 0.884. The molecular weight excluding hydrogens is 344 g/mol. The molecule has 2 aromatic carbocycles. The van der Waals surface area contributed by atoms with Crippen molar-refractivity contribution in [1.82, 2.24) is 4.90 Å². The van der Waals surface area contributed by atoms with Gasteiger partial charge in [0.2, 0.25) is 5.91 Å². The van der Waals surface area contributed by atoms with E-state index in [9.17, 15) is 4.79 Å². The Labute approximate surface area is 160 Å². The summed E-state index contributed by atoms with van der Waals surface area (Å²) in [6.45, 7) is 4.65. The largest absolute Gasteiger partial charge is 0.338 e. The van der Waals surface area contributed by atoms with Gasteiger partial charge in [0.05, 0.1) is 19.0 Å². The molecule has 136 valence electrons. The van der Waals surface area contributed by atoms with E-state index in [2.05, 4.69) is 35.2 Å². The summed E-state index contributed by atoms with van der Waals surface area (Å²) in [5.74, 6) is 0.506. The number of nitrogens with zero attached hydrogens (tertiary/aromatic N) is 1. The Morgan fingerprint density at radius 2 is 2.00 bits per heavy atom. The maximum atomic E-state index is 13.1. The van der Waals surface area contributed by atoms with Crippen LogP contribution in [0.3, 0.4) is 0 Å². The Morgan fingerprint density at radius 1 is 1.15 bits per heavy atom. The zero-order valence-electron chi connectivity index (χ0n) is 15.1.